The molecule has 0 spiro atoms. The zero-order chi connectivity index (χ0) is 26.3. The Balaban J connectivity index is 1.16. The Hall–Kier alpha value is -3.70. The van der Waals surface area contributed by atoms with E-state index in [2.05, 4.69) is 15.0 Å². The van der Waals surface area contributed by atoms with Crippen molar-refractivity contribution in [1.82, 2.24) is 24.2 Å². The Kier molecular flexibility index (Phi) is 6.50. The first-order chi connectivity index (χ1) is 17.6. The summed E-state index contributed by atoms with van der Waals surface area (Å²) in [6.45, 7) is -0.700. The van der Waals surface area contributed by atoms with Crippen LogP contribution in [0.15, 0.2) is 36.9 Å². The van der Waals surface area contributed by atoms with Crippen LogP contribution < -0.4 is 10.5 Å². The van der Waals surface area contributed by atoms with E-state index in [1.807, 2.05) is 0 Å². The number of nitrogens with two attached hydrogens (primary N) is 1. The molecule has 0 bridgehead atoms. The second kappa shape index (κ2) is 9.64. The van der Waals surface area contributed by atoms with Crippen LogP contribution >= 0.6 is 0 Å². The van der Waals surface area contributed by atoms with Crippen LogP contribution in [0.4, 0.5) is 5.82 Å². The van der Waals surface area contributed by atoms with E-state index in [9.17, 15) is 28.2 Å². The molecule has 1 amide bonds. The predicted octanol–water partition coefficient (Wildman–Crippen LogP) is -0.903. The minimum Gasteiger partial charge on any atom is -0.454 e. The van der Waals surface area contributed by atoms with Gasteiger partial charge in [-0.1, -0.05) is 18.2 Å². The third-order valence-corrected chi connectivity index (χ3v) is 6.96. The number of ether oxygens (including phenoxy) is 2. The van der Waals surface area contributed by atoms with E-state index in [1.165, 1.54) is 17.2 Å². The monoisotopic (exact) mass is 534 g/mol. The molecule has 5 rings (SSSR count). The van der Waals surface area contributed by atoms with Gasteiger partial charge in [0.15, 0.2) is 17.7 Å². The average molecular weight is 535 g/mol. The molecule has 2 aromatic heterocycles. The molecule has 4 heterocycles. The smallest absolute Gasteiger partial charge is 0.362 e. The number of esters is 1. The number of carbonyl (C=O) groups is 2. The molecule has 1 aromatic carbocycles. The number of hydrogen-bond acceptors (Lipinski definition) is 13. The lowest BCUT2D eigenvalue weighted by atomic mass is 10.0. The fraction of sp³-hybridized carbons (Fsp3) is 0.381. The van der Waals surface area contributed by atoms with Gasteiger partial charge in [0.2, 0.25) is 5.91 Å². The summed E-state index contributed by atoms with van der Waals surface area (Å²) < 4.78 is 43.3. The van der Waals surface area contributed by atoms with E-state index in [-0.39, 0.29) is 29.8 Å². The molecule has 15 nitrogen and oxygen atoms in total. The van der Waals surface area contributed by atoms with Crippen LogP contribution in [0.2, 0.25) is 0 Å². The highest BCUT2D eigenvalue weighted by Crippen LogP contribution is 2.34. The highest BCUT2D eigenvalue weighted by atomic mass is 32.2. The summed E-state index contributed by atoms with van der Waals surface area (Å²) in [6.07, 6.45) is -3.82. The quantitative estimate of drug-likeness (QED) is 0.258. The number of aliphatic hydroxyl groups is 2. The van der Waals surface area contributed by atoms with Crippen molar-refractivity contribution in [1.29, 1.82) is 0 Å². The van der Waals surface area contributed by atoms with Gasteiger partial charge in [0.25, 0.3) is 0 Å². The Bertz CT molecular complexity index is 1460. The molecule has 5 N–H and O–H groups in total. The molecule has 2 aliphatic heterocycles. The molecular formula is C21H22N6O9S. The predicted molar refractivity (Wildman–Crippen MR) is 123 cm³/mol. The van der Waals surface area contributed by atoms with Crippen molar-refractivity contribution in [3.8, 4) is 0 Å². The highest BCUT2D eigenvalue weighted by molar-refractivity contribution is 7.85. The zero-order valence-corrected chi connectivity index (χ0v) is 19.8. The average Bonchev–Trinajstić information content (AvgIpc) is 3.52. The Morgan fingerprint density at radius 3 is 2.78 bits per heavy atom. The summed E-state index contributed by atoms with van der Waals surface area (Å²) in [4.78, 5) is 36.0. The van der Waals surface area contributed by atoms with Crippen LogP contribution in [0.1, 0.15) is 41.1 Å². The number of benzene rings is 1. The van der Waals surface area contributed by atoms with Crippen molar-refractivity contribution in [3.05, 3.63) is 48.0 Å². The summed E-state index contributed by atoms with van der Waals surface area (Å²) in [7, 11) is -4.57. The number of nitrogens with zero attached hydrogens (tertiary/aromatic N) is 4. The summed E-state index contributed by atoms with van der Waals surface area (Å²) in [5.41, 5.74) is 7.28. The maximum atomic E-state index is 12.3. The lowest BCUT2D eigenvalue weighted by Crippen LogP contribution is -2.37. The van der Waals surface area contributed by atoms with Gasteiger partial charge in [0.1, 0.15) is 36.3 Å². The maximum Gasteiger partial charge on any atom is 0.362 e. The molecule has 3 aromatic rings. The standard InChI is InChI=1S/C21H22N6O9S/c22-18-15-19(24-8-23-18)27(9-25-15)20-17(30)16(29)13(35-20)7-34-37(32,33)26-14(28)6-5-12-10-3-1-2-4-11(10)21(31)36-12/h1-4,8-9,12-13,16-17,20,29-30H,5-7H2,(H,26,28)(H2,22,23,24)/t12?,13-,16-,17-,20?/m1/s1. The van der Waals surface area contributed by atoms with E-state index in [0.717, 1.165) is 0 Å². The first-order valence-electron chi connectivity index (χ1n) is 11.1. The topological polar surface area (TPSA) is 218 Å². The number of nitrogens with one attached hydrogen (secondary N) is 1. The minimum atomic E-state index is -4.57. The van der Waals surface area contributed by atoms with Crippen LogP contribution in [0, 0.1) is 0 Å². The SMILES string of the molecule is Nc1ncnc2c1ncn2C1O[C@H](COS(=O)(=O)NC(=O)CCC2OC(=O)c3ccccc32)[C@@H](O)[C@H]1O. The molecular weight excluding hydrogens is 512 g/mol. The third-order valence-electron chi connectivity index (χ3n) is 6.04. The lowest BCUT2D eigenvalue weighted by molar-refractivity contribution is -0.120. The van der Waals surface area contributed by atoms with E-state index in [1.54, 1.807) is 29.0 Å². The van der Waals surface area contributed by atoms with Crippen LogP contribution in [0.5, 0.6) is 0 Å². The maximum absolute atomic E-state index is 12.3. The molecule has 16 heteroatoms. The molecule has 1 fully saturated rings. The van der Waals surface area contributed by atoms with Gasteiger partial charge >= 0.3 is 16.3 Å². The summed E-state index contributed by atoms with van der Waals surface area (Å²) >= 11 is 0. The fourth-order valence-corrected chi connectivity index (χ4v) is 4.98. The highest BCUT2D eigenvalue weighted by Gasteiger charge is 2.45. The van der Waals surface area contributed by atoms with E-state index in [4.69, 9.17) is 19.4 Å². The number of nitrogen functional groups attached to an aromatic ring is 1. The van der Waals surface area contributed by atoms with Crippen LogP contribution in [-0.4, -0.2) is 74.9 Å². The largest absolute Gasteiger partial charge is 0.454 e. The number of aromatic nitrogens is 4. The second-order valence-electron chi connectivity index (χ2n) is 8.41. The number of imidazole rings is 1. The van der Waals surface area contributed by atoms with Gasteiger partial charge in [0, 0.05) is 12.0 Å². The molecule has 0 saturated carbocycles. The van der Waals surface area contributed by atoms with Gasteiger partial charge < -0.3 is 25.4 Å². The van der Waals surface area contributed by atoms with E-state index < -0.39 is 59.4 Å². The number of rotatable bonds is 8. The zero-order valence-electron chi connectivity index (χ0n) is 19.0. The number of amides is 1. The van der Waals surface area contributed by atoms with Crippen molar-refractivity contribution in [2.24, 2.45) is 0 Å². The second-order valence-corrected chi connectivity index (χ2v) is 9.76. The number of anilines is 1. The summed E-state index contributed by atoms with van der Waals surface area (Å²) in [5.74, 6) is -1.28. The number of aliphatic hydroxyl groups excluding tert-OH is 2. The van der Waals surface area contributed by atoms with Crippen molar-refractivity contribution in [2.75, 3.05) is 12.3 Å². The molecule has 2 aliphatic rings. The molecule has 0 radical (unpaired) electrons. The number of carbonyl (C=O) groups excluding carboxylic acids is 2. The van der Waals surface area contributed by atoms with Gasteiger partial charge in [-0.2, -0.15) is 8.42 Å². The van der Waals surface area contributed by atoms with Gasteiger partial charge in [-0.25, -0.2) is 24.5 Å². The van der Waals surface area contributed by atoms with Crippen LogP contribution in [-0.2, 0) is 28.8 Å². The third kappa shape index (κ3) is 4.84. The Labute approximate surface area is 209 Å². The fourth-order valence-electron chi connectivity index (χ4n) is 4.23. The van der Waals surface area contributed by atoms with Crippen molar-refractivity contribution >= 4 is 39.2 Å². The van der Waals surface area contributed by atoms with Crippen molar-refractivity contribution in [2.45, 2.75) is 43.5 Å². The van der Waals surface area contributed by atoms with Crippen molar-refractivity contribution < 1.29 is 41.9 Å². The molecule has 0 aliphatic carbocycles. The lowest BCUT2D eigenvalue weighted by Gasteiger charge is -2.16. The van der Waals surface area contributed by atoms with Gasteiger partial charge in [0.05, 0.1) is 18.5 Å². The van der Waals surface area contributed by atoms with E-state index in [0.29, 0.717) is 11.1 Å². The Morgan fingerprint density at radius 1 is 1.19 bits per heavy atom. The van der Waals surface area contributed by atoms with Crippen LogP contribution in [0.3, 0.4) is 0 Å². The van der Waals surface area contributed by atoms with Gasteiger partial charge in [-0.3, -0.25) is 13.5 Å². The molecule has 2 unspecified atom stereocenters. The molecule has 1 saturated heterocycles. The normalized spacial score (nSPS) is 25.2. The van der Waals surface area contributed by atoms with Crippen molar-refractivity contribution in [3.63, 3.8) is 0 Å². The number of hydrogen-bond donors (Lipinski definition) is 4. The molecule has 37 heavy (non-hydrogen) atoms. The molecule has 5 atom stereocenters. The van der Waals surface area contributed by atoms with E-state index >= 15 is 0 Å². The molecule has 196 valence electrons. The first kappa shape index (κ1) is 25.0. The summed E-state index contributed by atoms with van der Waals surface area (Å²) in [6, 6.07) is 6.72. The van der Waals surface area contributed by atoms with Gasteiger partial charge in [-0.15, -0.1) is 0 Å². The number of cyclic esters (lactones) is 1. The minimum absolute atomic E-state index is 0.0648. The first-order valence-corrected chi connectivity index (χ1v) is 12.5. The summed E-state index contributed by atoms with van der Waals surface area (Å²) in [5, 5.41) is 20.8. The number of fused-ring (bicyclic) bond motifs is 2. The Morgan fingerprint density at radius 2 is 1.97 bits per heavy atom. The van der Waals surface area contributed by atoms with Gasteiger partial charge in [-0.05, 0) is 12.5 Å². The van der Waals surface area contributed by atoms with Crippen LogP contribution in [0.25, 0.3) is 11.2 Å².